The molecule has 0 saturated heterocycles. The van der Waals surface area contributed by atoms with Crippen LogP contribution < -0.4 is 5.69 Å². The lowest BCUT2D eigenvalue weighted by molar-refractivity contribution is 0.126. The lowest BCUT2D eigenvalue weighted by Gasteiger charge is -2.18. The fourth-order valence-corrected chi connectivity index (χ4v) is 2.77. The maximum absolute atomic E-state index is 12.3. The van der Waals surface area contributed by atoms with Crippen LogP contribution in [0.15, 0.2) is 16.9 Å². The molecule has 1 aromatic carbocycles. The summed E-state index contributed by atoms with van der Waals surface area (Å²) in [5, 5.41) is 10.3. The molecule has 4 heteroatoms. The number of nitrogens with zero attached hydrogens (tertiary/aromatic N) is 2. The highest BCUT2D eigenvalue weighted by Gasteiger charge is 2.18. The minimum Gasteiger partial charge on any atom is -0.388 e. The van der Waals surface area contributed by atoms with Crippen molar-refractivity contribution in [3.8, 4) is 0 Å². The largest absolute Gasteiger partial charge is 0.388 e. The first-order chi connectivity index (χ1) is 9.42. The molecule has 1 N–H and O–H groups in total. The second-order valence-corrected chi connectivity index (χ2v) is 5.66. The first kappa shape index (κ1) is 14.9. The molecule has 2 aromatic rings. The molecule has 110 valence electrons. The highest BCUT2D eigenvalue weighted by atomic mass is 16.3. The van der Waals surface area contributed by atoms with Crippen molar-refractivity contribution in [2.75, 3.05) is 0 Å². The monoisotopic (exact) mass is 276 g/mol. The zero-order valence-corrected chi connectivity index (χ0v) is 13.0. The predicted octanol–water partition coefficient (Wildman–Crippen LogP) is 2.84. The number of fused-ring (bicyclic) bond motifs is 1. The fraction of sp³-hybridized carbons (Fsp3) is 0.562. The van der Waals surface area contributed by atoms with Crippen LogP contribution in [0.5, 0.6) is 0 Å². The fourth-order valence-electron chi connectivity index (χ4n) is 2.77. The number of aryl methyl sites for hydroxylation is 3. The topological polar surface area (TPSA) is 47.2 Å². The van der Waals surface area contributed by atoms with Crippen molar-refractivity contribution in [1.82, 2.24) is 9.13 Å². The Morgan fingerprint density at radius 3 is 2.05 bits per heavy atom. The van der Waals surface area contributed by atoms with Gasteiger partial charge in [0.05, 0.1) is 17.1 Å². The van der Waals surface area contributed by atoms with E-state index in [1.54, 1.807) is 9.13 Å². The van der Waals surface area contributed by atoms with E-state index >= 15 is 0 Å². The Morgan fingerprint density at radius 2 is 1.60 bits per heavy atom. The van der Waals surface area contributed by atoms with Gasteiger partial charge in [0.15, 0.2) is 0 Å². The number of aliphatic hydroxyl groups is 1. The summed E-state index contributed by atoms with van der Waals surface area (Å²) in [6.45, 7) is 11.2. The van der Waals surface area contributed by atoms with E-state index in [0.717, 1.165) is 22.2 Å². The van der Waals surface area contributed by atoms with Crippen molar-refractivity contribution >= 4 is 11.0 Å². The van der Waals surface area contributed by atoms with Gasteiger partial charge in [-0.15, -0.1) is 0 Å². The molecule has 0 radical (unpaired) electrons. The third-order valence-electron chi connectivity index (χ3n) is 3.99. The minimum atomic E-state index is -0.496. The summed E-state index contributed by atoms with van der Waals surface area (Å²) in [6.07, 6.45) is -0.496. The van der Waals surface area contributed by atoms with Crippen LogP contribution in [0.1, 0.15) is 44.9 Å². The van der Waals surface area contributed by atoms with Gasteiger partial charge >= 0.3 is 5.69 Å². The SMILES string of the molecule is CCn1c(=O)n(CC)c2cc(C(O)C(C)C)c(C)cc21. The van der Waals surface area contributed by atoms with Crippen LogP contribution in [0.3, 0.4) is 0 Å². The quantitative estimate of drug-likeness (QED) is 0.933. The first-order valence-corrected chi connectivity index (χ1v) is 7.33. The predicted molar refractivity (Wildman–Crippen MR) is 82.1 cm³/mol. The van der Waals surface area contributed by atoms with Crippen LogP contribution in [0.25, 0.3) is 11.0 Å². The Hall–Kier alpha value is -1.55. The standard InChI is InChI=1S/C16H24N2O2/c1-6-17-13-8-11(5)12(15(19)10(3)4)9-14(13)18(7-2)16(17)20/h8-10,15,19H,6-7H2,1-5H3. The second kappa shape index (κ2) is 5.44. The normalized spacial score (nSPS) is 13.3. The average molecular weight is 276 g/mol. The van der Waals surface area contributed by atoms with E-state index in [1.807, 2.05) is 46.8 Å². The summed E-state index contributed by atoms with van der Waals surface area (Å²) in [4.78, 5) is 12.3. The van der Waals surface area contributed by atoms with E-state index < -0.39 is 6.10 Å². The second-order valence-electron chi connectivity index (χ2n) is 5.66. The lowest BCUT2D eigenvalue weighted by atomic mass is 9.95. The maximum Gasteiger partial charge on any atom is 0.329 e. The van der Waals surface area contributed by atoms with Gasteiger partial charge in [-0.3, -0.25) is 9.13 Å². The summed E-state index contributed by atoms with van der Waals surface area (Å²) in [7, 11) is 0. The van der Waals surface area contributed by atoms with Gasteiger partial charge in [-0.2, -0.15) is 0 Å². The molecule has 1 heterocycles. The molecule has 1 aromatic heterocycles. The lowest BCUT2D eigenvalue weighted by Crippen LogP contribution is -2.23. The number of hydrogen-bond donors (Lipinski definition) is 1. The van der Waals surface area contributed by atoms with Crippen molar-refractivity contribution in [2.24, 2.45) is 5.92 Å². The molecule has 0 bridgehead atoms. The van der Waals surface area contributed by atoms with Crippen LogP contribution in [0, 0.1) is 12.8 Å². The number of imidazole rings is 1. The van der Waals surface area contributed by atoms with Crippen LogP contribution in [0.4, 0.5) is 0 Å². The van der Waals surface area contributed by atoms with Gasteiger partial charge in [0.2, 0.25) is 0 Å². The zero-order chi connectivity index (χ0) is 15.0. The Balaban J connectivity index is 2.79. The summed E-state index contributed by atoms with van der Waals surface area (Å²) < 4.78 is 3.56. The molecule has 0 spiro atoms. The highest BCUT2D eigenvalue weighted by molar-refractivity contribution is 5.78. The third kappa shape index (κ3) is 2.18. The molecule has 0 saturated carbocycles. The average Bonchev–Trinajstić information content (AvgIpc) is 2.67. The summed E-state index contributed by atoms with van der Waals surface area (Å²) in [5.41, 5.74) is 3.86. The van der Waals surface area contributed by atoms with Crippen LogP contribution >= 0.6 is 0 Å². The van der Waals surface area contributed by atoms with E-state index in [1.165, 1.54) is 0 Å². The molecule has 1 atom stereocenters. The number of hydrogen-bond acceptors (Lipinski definition) is 2. The third-order valence-corrected chi connectivity index (χ3v) is 3.99. The Morgan fingerprint density at radius 1 is 1.10 bits per heavy atom. The summed E-state index contributed by atoms with van der Waals surface area (Å²) in [5.74, 6) is 0.154. The number of aromatic nitrogens is 2. The Kier molecular flexibility index (Phi) is 4.04. The van der Waals surface area contributed by atoms with Gasteiger partial charge in [0, 0.05) is 13.1 Å². The van der Waals surface area contributed by atoms with E-state index in [0.29, 0.717) is 13.1 Å². The molecular formula is C16H24N2O2. The van der Waals surface area contributed by atoms with E-state index in [4.69, 9.17) is 0 Å². The molecule has 0 fully saturated rings. The molecule has 1 unspecified atom stereocenters. The van der Waals surface area contributed by atoms with Crippen molar-refractivity contribution < 1.29 is 5.11 Å². The Bertz CT molecular complexity index is 680. The van der Waals surface area contributed by atoms with Gasteiger partial charge in [-0.25, -0.2) is 4.79 Å². The number of rotatable bonds is 4. The first-order valence-electron chi connectivity index (χ1n) is 7.33. The van der Waals surface area contributed by atoms with Gasteiger partial charge in [0.25, 0.3) is 0 Å². The van der Waals surface area contributed by atoms with Gasteiger partial charge < -0.3 is 5.11 Å². The molecule has 2 rings (SSSR count). The van der Waals surface area contributed by atoms with Crippen molar-refractivity contribution in [3.63, 3.8) is 0 Å². The molecule has 4 nitrogen and oxygen atoms in total. The smallest absolute Gasteiger partial charge is 0.329 e. The molecule has 0 amide bonds. The van der Waals surface area contributed by atoms with Crippen molar-refractivity contribution in [2.45, 2.75) is 53.8 Å². The van der Waals surface area contributed by atoms with Crippen LogP contribution in [-0.4, -0.2) is 14.2 Å². The van der Waals surface area contributed by atoms with Gasteiger partial charge in [-0.05, 0) is 49.9 Å². The van der Waals surface area contributed by atoms with E-state index in [-0.39, 0.29) is 11.6 Å². The summed E-state index contributed by atoms with van der Waals surface area (Å²) in [6, 6.07) is 4.00. The number of benzene rings is 1. The van der Waals surface area contributed by atoms with Crippen molar-refractivity contribution in [3.05, 3.63) is 33.7 Å². The van der Waals surface area contributed by atoms with Crippen LogP contribution in [-0.2, 0) is 13.1 Å². The van der Waals surface area contributed by atoms with Gasteiger partial charge in [0.1, 0.15) is 0 Å². The molecular weight excluding hydrogens is 252 g/mol. The Labute approximate surface area is 119 Å². The molecule has 20 heavy (non-hydrogen) atoms. The molecule has 0 aliphatic heterocycles. The molecule has 0 aliphatic carbocycles. The minimum absolute atomic E-state index is 0.0283. The van der Waals surface area contributed by atoms with Gasteiger partial charge in [-0.1, -0.05) is 13.8 Å². The maximum atomic E-state index is 12.3. The number of aliphatic hydroxyl groups excluding tert-OH is 1. The van der Waals surface area contributed by atoms with E-state index in [2.05, 4.69) is 0 Å². The summed E-state index contributed by atoms with van der Waals surface area (Å²) >= 11 is 0. The highest BCUT2D eigenvalue weighted by Crippen LogP contribution is 2.28. The molecule has 0 aliphatic rings. The zero-order valence-electron chi connectivity index (χ0n) is 13.0. The van der Waals surface area contributed by atoms with Crippen molar-refractivity contribution in [1.29, 1.82) is 0 Å². The van der Waals surface area contributed by atoms with Crippen LogP contribution in [0.2, 0.25) is 0 Å². The van der Waals surface area contributed by atoms with E-state index in [9.17, 15) is 9.90 Å².